The molecule has 0 aliphatic heterocycles. The van der Waals surface area contributed by atoms with E-state index in [2.05, 4.69) is 10.3 Å². The van der Waals surface area contributed by atoms with Gasteiger partial charge < -0.3 is 15.2 Å². The van der Waals surface area contributed by atoms with Crippen molar-refractivity contribution in [3.05, 3.63) is 59.9 Å². The molecule has 0 unspecified atom stereocenters. The van der Waals surface area contributed by atoms with Gasteiger partial charge in [-0.25, -0.2) is 8.42 Å². The van der Waals surface area contributed by atoms with Crippen LogP contribution >= 0.6 is 0 Å². The average Bonchev–Trinajstić information content (AvgIpc) is 2.78. The number of sulfonamides is 1. The molecule has 180 valence electrons. The van der Waals surface area contributed by atoms with Crippen LogP contribution in [0.15, 0.2) is 48.7 Å². The molecule has 2 atom stereocenters. The predicted molar refractivity (Wildman–Crippen MR) is 125 cm³/mol. The van der Waals surface area contributed by atoms with E-state index in [0.29, 0.717) is 5.75 Å². The first-order chi connectivity index (χ1) is 15.5. The molecule has 2 rings (SSSR count). The number of methoxy groups -OCH3 is 1. The molecule has 0 saturated carbocycles. The number of rotatable bonds is 12. The Balaban J connectivity index is 2.30. The zero-order valence-corrected chi connectivity index (χ0v) is 20.1. The summed E-state index contributed by atoms with van der Waals surface area (Å²) in [6, 6.07) is 11.4. The third kappa shape index (κ3) is 7.62. The lowest BCUT2D eigenvalue weighted by molar-refractivity contribution is -0.117. The maximum absolute atomic E-state index is 12.9. The molecule has 0 aliphatic rings. The molecule has 9 nitrogen and oxygen atoms in total. The van der Waals surface area contributed by atoms with Crippen LogP contribution in [0.4, 0.5) is 0 Å². The molecule has 0 saturated heterocycles. The zero-order chi connectivity index (χ0) is 24.6. The van der Waals surface area contributed by atoms with Crippen molar-refractivity contribution in [3.63, 3.8) is 0 Å². The van der Waals surface area contributed by atoms with Crippen LogP contribution in [0.25, 0.3) is 0 Å². The number of Topliss-reactive ketones (excluding diaryl/α,β-unsaturated/α-hetero) is 1. The number of nitrogens with zero attached hydrogens (tertiary/aromatic N) is 2. The van der Waals surface area contributed by atoms with Crippen LogP contribution in [-0.2, 0) is 21.2 Å². The Hall–Kier alpha value is -2.82. The first-order valence-corrected chi connectivity index (χ1v) is 12.1. The minimum atomic E-state index is -3.81. The average molecular weight is 478 g/mol. The number of aliphatic hydroxyl groups is 1. The largest absolute Gasteiger partial charge is 0.497 e. The van der Waals surface area contributed by atoms with Crippen LogP contribution in [0.3, 0.4) is 0 Å². The standard InChI is InChI=1S/C23H31N3O6S/c1-16(2)33(30,31)26(14-17(3)27)15-22(28)20(12-18-8-6-5-7-9-18)25-23(29)21-13-19(32-4)10-11-24-21/h5-11,13,16,20,22,28H,12,14-15H2,1-4H3,(H,25,29)/t20-,22+/m0/s1. The number of carbonyl (C=O) groups is 2. The molecular weight excluding hydrogens is 446 g/mol. The van der Waals surface area contributed by atoms with Gasteiger partial charge >= 0.3 is 0 Å². The summed E-state index contributed by atoms with van der Waals surface area (Å²) in [4.78, 5) is 28.6. The summed E-state index contributed by atoms with van der Waals surface area (Å²) in [5.74, 6) is -0.444. The Labute approximate surface area is 194 Å². The number of hydrogen-bond acceptors (Lipinski definition) is 7. The fourth-order valence-corrected chi connectivity index (χ4v) is 4.52. The quantitative estimate of drug-likeness (QED) is 0.473. The highest BCUT2D eigenvalue weighted by molar-refractivity contribution is 7.89. The van der Waals surface area contributed by atoms with E-state index in [1.165, 1.54) is 40.1 Å². The van der Waals surface area contributed by atoms with Gasteiger partial charge in [0.15, 0.2) is 0 Å². The van der Waals surface area contributed by atoms with Crippen LogP contribution in [-0.4, -0.2) is 72.1 Å². The summed E-state index contributed by atoms with van der Waals surface area (Å²) in [5.41, 5.74) is 0.931. The molecule has 1 heterocycles. The summed E-state index contributed by atoms with van der Waals surface area (Å²) in [7, 11) is -2.34. The normalized spacial score (nSPS) is 13.5. The molecule has 1 aromatic carbocycles. The highest BCUT2D eigenvalue weighted by Crippen LogP contribution is 2.15. The fourth-order valence-electron chi connectivity index (χ4n) is 3.20. The molecule has 0 fully saturated rings. The molecule has 2 aromatic rings. The Morgan fingerprint density at radius 2 is 1.85 bits per heavy atom. The summed E-state index contributed by atoms with van der Waals surface area (Å²) in [6.07, 6.45) is 0.390. The Morgan fingerprint density at radius 1 is 1.18 bits per heavy atom. The van der Waals surface area contributed by atoms with Gasteiger partial charge in [-0.1, -0.05) is 30.3 Å². The molecule has 0 radical (unpaired) electrons. The summed E-state index contributed by atoms with van der Waals surface area (Å²) in [6.45, 7) is 3.59. The lowest BCUT2D eigenvalue weighted by Crippen LogP contribution is -2.52. The minimum absolute atomic E-state index is 0.0926. The van der Waals surface area contributed by atoms with Crippen molar-refractivity contribution < 1.29 is 27.9 Å². The number of nitrogens with one attached hydrogen (secondary N) is 1. The molecule has 10 heteroatoms. The highest BCUT2D eigenvalue weighted by Gasteiger charge is 2.32. The number of pyridine rings is 1. The van der Waals surface area contributed by atoms with Crippen molar-refractivity contribution >= 4 is 21.7 Å². The zero-order valence-electron chi connectivity index (χ0n) is 19.3. The van der Waals surface area contributed by atoms with Crippen molar-refractivity contribution in [1.29, 1.82) is 0 Å². The monoisotopic (exact) mass is 477 g/mol. The van der Waals surface area contributed by atoms with E-state index in [9.17, 15) is 23.1 Å². The molecule has 33 heavy (non-hydrogen) atoms. The van der Waals surface area contributed by atoms with Gasteiger partial charge in [-0.05, 0) is 38.8 Å². The van der Waals surface area contributed by atoms with Crippen molar-refractivity contribution in [2.45, 2.75) is 44.6 Å². The van der Waals surface area contributed by atoms with E-state index in [1.807, 2.05) is 30.3 Å². The number of amides is 1. The molecule has 0 spiro atoms. The van der Waals surface area contributed by atoms with Crippen LogP contribution in [0.2, 0.25) is 0 Å². The molecule has 1 amide bonds. The number of carbonyl (C=O) groups excluding carboxylic acids is 2. The second-order valence-electron chi connectivity index (χ2n) is 8.01. The smallest absolute Gasteiger partial charge is 0.270 e. The maximum atomic E-state index is 12.9. The predicted octanol–water partition coefficient (Wildman–Crippen LogP) is 1.42. The van der Waals surface area contributed by atoms with E-state index < -0.39 is 33.3 Å². The molecule has 0 aliphatic carbocycles. The molecular formula is C23H31N3O6S. The molecule has 1 aromatic heterocycles. The topological polar surface area (TPSA) is 126 Å². The summed E-state index contributed by atoms with van der Waals surface area (Å²) >= 11 is 0. The van der Waals surface area contributed by atoms with E-state index in [0.717, 1.165) is 9.87 Å². The third-order valence-corrected chi connectivity index (χ3v) is 7.21. The summed E-state index contributed by atoms with van der Waals surface area (Å²) < 4.78 is 31.6. The Kier molecular flexibility index (Phi) is 9.51. The first-order valence-electron chi connectivity index (χ1n) is 10.6. The highest BCUT2D eigenvalue weighted by atomic mass is 32.2. The SMILES string of the molecule is COc1ccnc(C(=O)N[C@@H](Cc2ccccc2)[C@H](O)CN(CC(C)=O)S(=O)(=O)C(C)C)c1. The van der Waals surface area contributed by atoms with Crippen LogP contribution < -0.4 is 10.1 Å². The number of hydrogen-bond donors (Lipinski definition) is 2. The molecule has 0 bridgehead atoms. The van der Waals surface area contributed by atoms with Gasteiger partial charge in [-0.15, -0.1) is 0 Å². The van der Waals surface area contributed by atoms with E-state index in [4.69, 9.17) is 4.74 Å². The van der Waals surface area contributed by atoms with Crippen molar-refractivity contribution in [1.82, 2.24) is 14.6 Å². The number of aliphatic hydroxyl groups excluding tert-OH is 1. The van der Waals surface area contributed by atoms with Crippen LogP contribution in [0.5, 0.6) is 5.75 Å². The number of ether oxygens (including phenoxy) is 1. The van der Waals surface area contributed by atoms with Gasteiger partial charge in [-0.2, -0.15) is 4.31 Å². The number of aromatic nitrogens is 1. The van der Waals surface area contributed by atoms with Crippen LogP contribution in [0, 0.1) is 0 Å². The van der Waals surface area contributed by atoms with Gasteiger partial charge in [0.25, 0.3) is 5.91 Å². The molecule has 2 N–H and O–H groups in total. The van der Waals surface area contributed by atoms with Crippen molar-refractivity contribution in [2.24, 2.45) is 0 Å². The second kappa shape index (κ2) is 11.9. The minimum Gasteiger partial charge on any atom is -0.497 e. The van der Waals surface area contributed by atoms with E-state index in [1.54, 1.807) is 6.07 Å². The Bertz CT molecular complexity index is 1040. The van der Waals surface area contributed by atoms with Gasteiger partial charge in [-0.3, -0.25) is 14.6 Å². The van der Waals surface area contributed by atoms with Crippen molar-refractivity contribution in [2.75, 3.05) is 20.2 Å². The lowest BCUT2D eigenvalue weighted by atomic mass is 10.0. The Morgan fingerprint density at radius 3 is 2.42 bits per heavy atom. The van der Waals surface area contributed by atoms with E-state index >= 15 is 0 Å². The summed E-state index contributed by atoms with van der Waals surface area (Å²) in [5, 5.41) is 13.0. The second-order valence-corrected chi connectivity index (χ2v) is 10.5. The lowest BCUT2D eigenvalue weighted by Gasteiger charge is -2.30. The van der Waals surface area contributed by atoms with Gasteiger partial charge in [0.05, 0.1) is 31.1 Å². The number of benzene rings is 1. The maximum Gasteiger partial charge on any atom is 0.270 e. The van der Waals surface area contributed by atoms with Crippen LogP contribution in [0.1, 0.15) is 36.8 Å². The van der Waals surface area contributed by atoms with Gasteiger partial charge in [0.2, 0.25) is 10.0 Å². The van der Waals surface area contributed by atoms with Gasteiger partial charge in [0.1, 0.15) is 17.2 Å². The number of ketones is 1. The fraction of sp³-hybridized carbons (Fsp3) is 0.435. The van der Waals surface area contributed by atoms with Crippen molar-refractivity contribution in [3.8, 4) is 5.75 Å². The first kappa shape index (κ1) is 26.4. The third-order valence-electron chi connectivity index (χ3n) is 5.02. The van der Waals surface area contributed by atoms with Gasteiger partial charge in [0, 0.05) is 18.8 Å². The van der Waals surface area contributed by atoms with E-state index in [-0.39, 0.29) is 31.0 Å².